The number of hydrogen-bond donors (Lipinski definition) is 1. The minimum absolute atomic E-state index is 0.427. The van der Waals surface area contributed by atoms with E-state index >= 15 is 0 Å². The van der Waals surface area contributed by atoms with E-state index in [2.05, 4.69) is 30.9 Å². The molecule has 0 saturated carbocycles. The molecule has 2 heterocycles. The van der Waals surface area contributed by atoms with Crippen LogP contribution in [-0.2, 0) is 17.7 Å². The van der Waals surface area contributed by atoms with Gasteiger partial charge >= 0.3 is 0 Å². The molecule has 2 aliphatic heterocycles. The van der Waals surface area contributed by atoms with Crippen molar-refractivity contribution in [3.8, 4) is 0 Å². The SMILES string of the molecule is CC(C)C1CC(N2CCc3c(N)cccc3C2)CCO1. The highest BCUT2D eigenvalue weighted by Gasteiger charge is 2.30. The minimum atomic E-state index is 0.427. The Balaban J connectivity index is 1.70. The number of benzene rings is 1. The molecule has 2 N–H and O–H groups in total. The Kier molecular flexibility index (Phi) is 3.99. The van der Waals surface area contributed by atoms with Crippen LogP contribution in [0.2, 0.25) is 0 Å². The lowest BCUT2D eigenvalue weighted by Crippen LogP contribution is -2.45. The number of rotatable bonds is 2. The third kappa shape index (κ3) is 2.70. The van der Waals surface area contributed by atoms with Crippen LogP contribution in [0.1, 0.15) is 37.8 Å². The number of nitrogens with zero attached hydrogens (tertiary/aromatic N) is 1. The number of nitrogen functional groups attached to an aromatic ring is 1. The summed E-state index contributed by atoms with van der Waals surface area (Å²) in [5, 5.41) is 0. The maximum atomic E-state index is 6.09. The zero-order valence-electron chi connectivity index (χ0n) is 12.6. The highest BCUT2D eigenvalue weighted by atomic mass is 16.5. The van der Waals surface area contributed by atoms with Gasteiger partial charge in [0.05, 0.1) is 6.10 Å². The largest absolute Gasteiger partial charge is 0.398 e. The summed E-state index contributed by atoms with van der Waals surface area (Å²) in [4.78, 5) is 2.64. The Morgan fingerprint density at radius 2 is 2.20 bits per heavy atom. The predicted octanol–water partition coefficient (Wildman–Crippen LogP) is 2.83. The molecular formula is C17H26N2O. The third-order valence-electron chi connectivity index (χ3n) is 4.88. The van der Waals surface area contributed by atoms with Crippen molar-refractivity contribution in [1.82, 2.24) is 4.90 Å². The smallest absolute Gasteiger partial charge is 0.0612 e. The highest BCUT2D eigenvalue weighted by Crippen LogP contribution is 2.30. The standard InChI is InChI=1S/C17H26N2O/c1-12(2)17-10-14(7-9-20-17)19-8-6-15-13(11-19)4-3-5-16(15)18/h3-5,12,14,17H,6-11,18H2,1-2H3. The molecule has 1 aromatic carbocycles. The maximum Gasteiger partial charge on any atom is 0.0612 e. The monoisotopic (exact) mass is 274 g/mol. The second kappa shape index (κ2) is 5.74. The average molecular weight is 274 g/mol. The Morgan fingerprint density at radius 1 is 1.35 bits per heavy atom. The summed E-state index contributed by atoms with van der Waals surface area (Å²) >= 11 is 0. The van der Waals surface area contributed by atoms with Gasteiger partial charge in [-0.3, -0.25) is 4.90 Å². The predicted molar refractivity (Wildman–Crippen MR) is 82.6 cm³/mol. The minimum Gasteiger partial charge on any atom is -0.398 e. The van der Waals surface area contributed by atoms with Crippen molar-refractivity contribution in [2.24, 2.45) is 5.92 Å². The van der Waals surface area contributed by atoms with Crippen LogP contribution in [0.15, 0.2) is 18.2 Å². The van der Waals surface area contributed by atoms with Gasteiger partial charge in [-0.25, -0.2) is 0 Å². The number of anilines is 1. The molecule has 1 fully saturated rings. The van der Waals surface area contributed by atoms with Crippen molar-refractivity contribution in [1.29, 1.82) is 0 Å². The molecule has 1 saturated heterocycles. The molecule has 3 nitrogen and oxygen atoms in total. The molecule has 3 heteroatoms. The zero-order valence-corrected chi connectivity index (χ0v) is 12.6. The lowest BCUT2D eigenvalue weighted by atomic mass is 9.91. The van der Waals surface area contributed by atoms with Crippen molar-refractivity contribution >= 4 is 5.69 Å². The van der Waals surface area contributed by atoms with E-state index in [1.54, 1.807) is 0 Å². The van der Waals surface area contributed by atoms with Crippen LogP contribution in [0.4, 0.5) is 5.69 Å². The summed E-state index contributed by atoms with van der Waals surface area (Å²) in [6, 6.07) is 7.01. The summed E-state index contributed by atoms with van der Waals surface area (Å²) in [5.41, 5.74) is 9.85. The highest BCUT2D eigenvalue weighted by molar-refractivity contribution is 5.51. The van der Waals surface area contributed by atoms with Crippen molar-refractivity contribution in [2.75, 3.05) is 18.9 Å². The molecule has 2 unspecified atom stereocenters. The molecule has 0 radical (unpaired) electrons. The molecule has 0 amide bonds. The lowest BCUT2D eigenvalue weighted by Gasteiger charge is -2.41. The van der Waals surface area contributed by atoms with Gasteiger partial charge in [-0.1, -0.05) is 26.0 Å². The molecule has 1 aromatic rings. The molecule has 0 aliphatic carbocycles. The van der Waals surface area contributed by atoms with Crippen molar-refractivity contribution in [3.05, 3.63) is 29.3 Å². The van der Waals surface area contributed by atoms with Crippen LogP contribution in [0.25, 0.3) is 0 Å². The Labute approximate surface area is 122 Å². The van der Waals surface area contributed by atoms with E-state index in [4.69, 9.17) is 10.5 Å². The number of fused-ring (bicyclic) bond motifs is 1. The molecule has 0 bridgehead atoms. The van der Waals surface area contributed by atoms with E-state index in [0.29, 0.717) is 18.1 Å². The van der Waals surface area contributed by atoms with E-state index < -0.39 is 0 Å². The molecule has 2 aliphatic rings. The van der Waals surface area contributed by atoms with Crippen molar-refractivity contribution < 1.29 is 4.74 Å². The van der Waals surface area contributed by atoms with Gasteiger partial charge in [-0.2, -0.15) is 0 Å². The maximum absolute atomic E-state index is 6.09. The Hall–Kier alpha value is -1.06. The van der Waals surface area contributed by atoms with Crippen molar-refractivity contribution in [3.63, 3.8) is 0 Å². The molecule has 20 heavy (non-hydrogen) atoms. The van der Waals surface area contributed by atoms with Crippen LogP contribution in [0, 0.1) is 5.92 Å². The topological polar surface area (TPSA) is 38.5 Å². The first-order valence-electron chi connectivity index (χ1n) is 7.87. The van der Waals surface area contributed by atoms with Gasteiger partial charge < -0.3 is 10.5 Å². The fourth-order valence-electron chi connectivity index (χ4n) is 3.58. The summed E-state index contributed by atoms with van der Waals surface area (Å²) < 4.78 is 5.90. The summed E-state index contributed by atoms with van der Waals surface area (Å²) in [7, 11) is 0. The van der Waals surface area contributed by atoms with Crippen LogP contribution in [0.3, 0.4) is 0 Å². The first kappa shape index (κ1) is 13.9. The van der Waals surface area contributed by atoms with Crippen LogP contribution < -0.4 is 5.73 Å². The first-order valence-corrected chi connectivity index (χ1v) is 7.87. The summed E-state index contributed by atoms with van der Waals surface area (Å²) in [5.74, 6) is 0.616. The number of hydrogen-bond acceptors (Lipinski definition) is 3. The van der Waals surface area contributed by atoms with E-state index in [1.807, 2.05) is 6.07 Å². The van der Waals surface area contributed by atoms with Crippen LogP contribution >= 0.6 is 0 Å². The van der Waals surface area contributed by atoms with E-state index in [-0.39, 0.29) is 0 Å². The van der Waals surface area contributed by atoms with E-state index in [0.717, 1.165) is 31.8 Å². The van der Waals surface area contributed by atoms with Crippen molar-refractivity contribution in [2.45, 2.75) is 51.8 Å². The lowest BCUT2D eigenvalue weighted by molar-refractivity contribution is -0.0508. The van der Waals surface area contributed by atoms with E-state index in [1.165, 1.54) is 24.0 Å². The van der Waals surface area contributed by atoms with Gasteiger partial charge in [-0.05, 0) is 42.4 Å². The quantitative estimate of drug-likeness (QED) is 0.843. The van der Waals surface area contributed by atoms with Gasteiger partial charge in [-0.15, -0.1) is 0 Å². The zero-order chi connectivity index (χ0) is 14.1. The Morgan fingerprint density at radius 3 is 3.00 bits per heavy atom. The van der Waals surface area contributed by atoms with Gasteiger partial charge in [0.15, 0.2) is 0 Å². The molecule has 2 atom stereocenters. The molecular weight excluding hydrogens is 248 g/mol. The van der Waals surface area contributed by atoms with Gasteiger partial charge in [0, 0.05) is 31.4 Å². The second-order valence-corrected chi connectivity index (χ2v) is 6.54. The molecule has 0 aromatic heterocycles. The summed E-state index contributed by atoms with van der Waals surface area (Å²) in [6.45, 7) is 7.62. The van der Waals surface area contributed by atoms with Crippen LogP contribution in [0.5, 0.6) is 0 Å². The molecule has 0 spiro atoms. The van der Waals surface area contributed by atoms with Gasteiger partial charge in [0.2, 0.25) is 0 Å². The summed E-state index contributed by atoms with van der Waals surface area (Å²) in [6.07, 6.45) is 3.86. The number of nitrogens with two attached hydrogens (primary N) is 1. The fourth-order valence-corrected chi connectivity index (χ4v) is 3.58. The normalized spacial score (nSPS) is 27.6. The first-order chi connectivity index (χ1) is 9.65. The molecule has 110 valence electrons. The van der Waals surface area contributed by atoms with Gasteiger partial charge in [0.25, 0.3) is 0 Å². The average Bonchev–Trinajstić information content (AvgIpc) is 2.47. The Bertz CT molecular complexity index is 472. The fraction of sp³-hybridized carbons (Fsp3) is 0.647. The van der Waals surface area contributed by atoms with E-state index in [9.17, 15) is 0 Å². The second-order valence-electron chi connectivity index (χ2n) is 6.54. The number of ether oxygens (including phenoxy) is 1. The van der Waals surface area contributed by atoms with Crippen LogP contribution in [-0.4, -0.2) is 30.2 Å². The van der Waals surface area contributed by atoms with Gasteiger partial charge in [0.1, 0.15) is 0 Å². The molecule has 3 rings (SSSR count). The third-order valence-corrected chi connectivity index (χ3v) is 4.88.